The molecule has 0 aliphatic rings. The third-order valence-corrected chi connectivity index (χ3v) is 3.46. The van der Waals surface area contributed by atoms with Gasteiger partial charge in [-0.3, -0.25) is 0 Å². The first kappa shape index (κ1) is 14.0. The number of aromatic hydroxyl groups is 1. The van der Waals surface area contributed by atoms with E-state index in [1.54, 1.807) is 6.07 Å². The van der Waals surface area contributed by atoms with Crippen molar-refractivity contribution in [3.8, 4) is 5.75 Å². The molecule has 0 fully saturated rings. The highest BCUT2D eigenvalue weighted by Gasteiger charge is 2.16. The third-order valence-electron chi connectivity index (χ3n) is 3.46. The van der Waals surface area contributed by atoms with Crippen LogP contribution in [0, 0.1) is 11.7 Å². The first-order valence-electron chi connectivity index (χ1n) is 6.20. The molecule has 0 aromatic heterocycles. The van der Waals surface area contributed by atoms with Crippen molar-refractivity contribution in [2.24, 2.45) is 5.92 Å². The molecule has 0 aliphatic heterocycles. The van der Waals surface area contributed by atoms with Crippen LogP contribution in [0.1, 0.15) is 45.7 Å². The fourth-order valence-electron chi connectivity index (χ4n) is 1.87. The van der Waals surface area contributed by atoms with Gasteiger partial charge in [-0.05, 0) is 25.8 Å². The Kier molecular flexibility index (Phi) is 4.94. The highest BCUT2D eigenvalue weighted by molar-refractivity contribution is 5.29. The van der Waals surface area contributed by atoms with Crippen LogP contribution in [0.5, 0.6) is 5.75 Å². The molecule has 1 aromatic rings. The van der Waals surface area contributed by atoms with Crippen molar-refractivity contribution in [3.05, 3.63) is 29.6 Å². The average molecular weight is 239 g/mol. The van der Waals surface area contributed by atoms with E-state index in [2.05, 4.69) is 26.1 Å². The fraction of sp³-hybridized carbons (Fsp3) is 0.571. The molecule has 0 heterocycles. The SMILES string of the molecule is CCC(C)C(C)NC(C)c1ccc(O)cc1F. The number of nitrogens with one attached hydrogen (secondary N) is 1. The van der Waals surface area contributed by atoms with Crippen LogP contribution in [0.2, 0.25) is 0 Å². The molecule has 0 saturated carbocycles. The van der Waals surface area contributed by atoms with Gasteiger partial charge in [0.05, 0.1) is 0 Å². The Hall–Kier alpha value is -1.09. The lowest BCUT2D eigenvalue weighted by Gasteiger charge is -2.25. The van der Waals surface area contributed by atoms with Crippen LogP contribution in [-0.2, 0) is 0 Å². The van der Waals surface area contributed by atoms with Crippen LogP contribution in [0.15, 0.2) is 18.2 Å². The number of halogens is 1. The molecule has 0 saturated heterocycles. The molecule has 0 spiro atoms. The molecule has 2 nitrogen and oxygen atoms in total. The highest BCUT2D eigenvalue weighted by atomic mass is 19.1. The number of hydrogen-bond acceptors (Lipinski definition) is 2. The predicted molar refractivity (Wildman–Crippen MR) is 68.5 cm³/mol. The van der Waals surface area contributed by atoms with Gasteiger partial charge < -0.3 is 10.4 Å². The summed E-state index contributed by atoms with van der Waals surface area (Å²) >= 11 is 0. The first-order valence-corrected chi connectivity index (χ1v) is 6.20. The van der Waals surface area contributed by atoms with Crippen LogP contribution < -0.4 is 5.32 Å². The monoisotopic (exact) mass is 239 g/mol. The number of rotatable bonds is 5. The quantitative estimate of drug-likeness (QED) is 0.822. The Bertz CT molecular complexity index is 367. The van der Waals surface area contributed by atoms with Crippen LogP contribution >= 0.6 is 0 Å². The number of benzene rings is 1. The zero-order valence-electron chi connectivity index (χ0n) is 11.0. The topological polar surface area (TPSA) is 32.3 Å². The summed E-state index contributed by atoms with van der Waals surface area (Å²) in [5, 5.41) is 12.6. The van der Waals surface area contributed by atoms with Gasteiger partial charge in [0.25, 0.3) is 0 Å². The molecule has 96 valence electrons. The van der Waals surface area contributed by atoms with E-state index in [1.165, 1.54) is 6.07 Å². The lowest BCUT2D eigenvalue weighted by atomic mass is 9.98. The van der Waals surface area contributed by atoms with E-state index < -0.39 is 0 Å². The van der Waals surface area contributed by atoms with Crippen molar-refractivity contribution in [2.45, 2.75) is 46.2 Å². The van der Waals surface area contributed by atoms with E-state index in [-0.39, 0.29) is 17.6 Å². The van der Waals surface area contributed by atoms with Crippen LogP contribution in [0.3, 0.4) is 0 Å². The summed E-state index contributed by atoms with van der Waals surface area (Å²) < 4.78 is 13.6. The van der Waals surface area contributed by atoms with E-state index in [9.17, 15) is 4.39 Å². The summed E-state index contributed by atoms with van der Waals surface area (Å²) in [5.74, 6) is 0.160. The van der Waals surface area contributed by atoms with Crippen molar-refractivity contribution in [1.29, 1.82) is 0 Å². The van der Waals surface area contributed by atoms with E-state index in [0.29, 0.717) is 17.5 Å². The lowest BCUT2D eigenvalue weighted by Crippen LogP contribution is -2.34. The van der Waals surface area contributed by atoms with E-state index in [0.717, 1.165) is 12.5 Å². The number of phenolic OH excluding ortho intramolecular Hbond substituents is 1. The number of hydrogen-bond donors (Lipinski definition) is 2. The lowest BCUT2D eigenvalue weighted by molar-refractivity contribution is 0.355. The molecule has 3 atom stereocenters. The third kappa shape index (κ3) is 3.70. The van der Waals surface area contributed by atoms with Gasteiger partial charge in [0, 0.05) is 23.7 Å². The number of phenols is 1. The second kappa shape index (κ2) is 6.01. The first-order chi connectivity index (χ1) is 7.95. The van der Waals surface area contributed by atoms with Crippen molar-refractivity contribution >= 4 is 0 Å². The van der Waals surface area contributed by atoms with Gasteiger partial charge in [0.15, 0.2) is 0 Å². The molecule has 1 rings (SSSR count). The Morgan fingerprint density at radius 1 is 1.29 bits per heavy atom. The standard InChI is InChI=1S/C14H22FNO/c1-5-9(2)10(3)16-11(4)13-7-6-12(17)8-14(13)15/h6-11,16-17H,5H2,1-4H3. The molecule has 0 amide bonds. The summed E-state index contributed by atoms with van der Waals surface area (Å²) in [6.07, 6.45) is 1.10. The van der Waals surface area contributed by atoms with Crippen molar-refractivity contribution in [3.63, 3.8) is 0 Å². The van der Waals surface area contributed by atoms with Gasteiger partial charge in [-0.1, -0.05) is 26.3 Å². The van der Waals surface area contributed by atoms with Gasteiger partial charge in [0.1, 0.15) is 11.6 Å². The molecule has 3 heteroatoms. The molecule has 2 N–H and O–H groups in total. The smallest absolute Gasteiger partial charge is 0.131 e. The van der Waals surface area contributed by atoms with Crippen LogP contribution in [-0.4, -0.2) is 11.1 Å². The zero-order valence-corrected chi connectivity index (χ0v) is 11.0. The maximum absolute atomic E-state index is 13.6. The van der Waals surface area contributed by atoms with Crippen molar-refractivity contribution in [2.75, 3.05) is 0 Å². The molecule has 3 unspecified atom stereocenters. The molecule has 0 radical (unpaired) electrons. The van der Waals surface area contributed by atoms with Gasteiger partial charge in [-0.15, -0.1) is 0 Å². The van der Waals surface area contributed by atoms with E-state index in [4.69, 9.17) is 5.11 Å². The van der Waals surface area contributed by atoms with Gasteiger partial charge in [0.2, 0.25) is 0 Å². The Labute approximate surface area is 103 Å². The maximum atomic E-state index is 13.6. The second-order valence-corrected chi connectivity index (χ2v) is 4.77. The minimum Gasteiger partial charge on any atom is -0.508 e. The molecular weight excluding hydrogens is 217 g/mol. The molecule has 17 heavy (non-hydrogen) atoms. The summed E-state index contributed by atoms with van der Waals surface area (Å²) in [7, 11) is 0. The summed E-state index contributed by atoms with van der Waals surface area (Å²) in [4.78, 5) is 0. The molecule has 0 bridgehead atoms. The largest absolute Gasteiger partial charge is 0.508 e. The van der Waals surface area contributed by atoms with Gasteiger partial charge in [-0.2, -0.15) is 0 Å². The zero-order chi connectivity index (χ0) is 13.0. The Morgan fingerprint density at radius 2 is 1.94 bits per heavy atom. The second-order valence-electron chi connectivity index (χ2n) is 4.77. The van der Waals surface area contributed by atoms with Crippen molar-refractivity contribution < 1.29 is 9.50 Å². The summed E-state index contributed by atoms with van der Waals surface area (Å²) in [6, 6.07) is 4.58. The summed E-state index contributed by atoms with van der Waals surface area (Å²) in [6.45, 7) is 8.38. The maximum Gasteiger partial charge on any atom is 0.131 e. The van der Waals surface area contributed by atoms with E-state index >= 15 is 0 Å². The molecule has 0 aliphatic carbocycles. The normalized spacial score (nSPS) is 16.5. The molecule has 1 aromatic carbocycles. The average Bonchev–Trinajstić information content (AvgIpc) is 2.27. The minimum absolute atomic E-state index is 0.0339. The van der Waals surface area contributed by atoms with Gasteiger partial charge >= 0.3 is 0 Å². The summed E-state index contributed by atoms with van der Waals surface area (Å²) in [5.41, 5.74) is 0.595. The Balaban J connectivity index is 2.72. The van der Waals surface area contributed by atoms with E-state index in [1.807, 2.05) is 6.92 Å². The highest BCUT2D eigenvalue weighted by Crippen LogP contribution is 2.22. The van der Waals surface area contributed by atoms with Crippen LogP contribution in [0.4, 0.5) is 4.39 Å². The Morgan fingerprint density at radius 3 is 2.47 bits per heavy atom. The predicted octanol–water partition coefficient (Wildman–Crippen LogP) is 3.62. The van der Waals surface area contributed by atoms with Gasteiger partial charge in [-0.25, -0.2) is 4.39 Å². The van der Waals surface area contributed by atoms with Crippen molar-refractivity contribution in [1.82, 2.24) is 5.32 Å². The molecular formula is C14H22FNO. The minimum atomic E-state index is -0.360. The van der Waals surface area contributed by atoms with Crippen LogP contribution in [0.25, 0.3) is 0 Å². The fourth-order valence-corrected chi connectivity index (χ4v) is 1.87.